The fraction of sp³-hybridized carbons (Fsp3) is 0.150. The first-order valence-corrected chi connectivity index (χ1v) is 8.32. The minimum Gasteiger partial charge on any atom is -0.481 e. The Morgan fingerprint density at radius 1 is 1.12 bits per heavy atom. The lowest BCUT2D eigenvalue weighted by molar-refractivity contribution is -0.124. The van der Waals surface area contributed by atoms with Crippen molar-refractivity contribution in [2.75, 3.05) is 4.90 Å². The van der Waals surface area contributed by atoms with E-state index in [0.29, 0.717) is 23.1 Å². The van der Waals surface area contributed by atoms with Crippen molar-refractivity contribution in [2.45, 2.75) is 19.6 Å². The third-order valence-corrected chi connectivity index (χ3v) is 3.92. The van der Waals surface area contributed by atoms with Crippen molar-refractivity contribution >= 4 is 23.2 Å². The second-order valence-corrected chi connectivity index (χ2v) is 5.99. The van der Waals surface area contributed by atoms with Gasteiger partial charge in [-0.05, 0) is 49.4 Å². The van der Waals surface area contributed by atoms with Crippen molar-refractivity contribution in [1.29, 1.82) is 0 Å². The molecule has 5 heteroatoms. The SMILES string of the molecule is CC(Oc1cccc(Cl)c1)C(=O)N(Cc1ccco1)c1ccccc1. The lowest BCUT2D eigenvalue weighted by atomic mass is 10.2. The van der Waals surface area contributed by atoms with Crippen LogP contribution in [0.3, 0.4) is 0 Å². The van der Waals surface area contributed by atoms with Crippen molar-refractivity contribution < 1.29 is 13.9 Å². The average molecular weight is 356 g/mol. The quantitative estimate of drug-likeness (QED) is 0.629. The molecule has 0 bridgehead atoms. The van der Waals surface area contributed by atoms with Crippen LogP contribution in [0, 0.1) is 0 Å². The third-order valence-electron chi connectivity index (χ3n) is 3.68. The van der Waals surface area contributed by atoms with Gasteiger partial charge in [0.25, 0.3) is 5.91 Å². The summed E-state index contributed by atoms with van der Waals surface area (Å²) in [5.74, 6) is 1.09. The van der Waals surface area contributed by atoms with Crippen molar-refractivity contribution in [3.05, 3.63) is 83.8 Å². The lowest BCUT2D eigenvalue weighted by Crippen LogP contribution is -2.40. The van der Waals surface area contributed by atoms with Gasteiger partial charge in [0.1, 0.15) is 11.5 Å². The fourth-order valence-electron chi connectivity index (χ4n) is 2.48. The molecule has 0 aliphatic carbocycles. The highest BCUT2D eigenvalue weighted by atomic mass is 35.5. The maximum atomic E-state index is 13.0. The van der Waals surface area contributed by atoms with Crippen LogP contribution >= 0.6 is 11.6 Å². The summed E-state index contributed by atoms with van der Waals surface area (Å²) in [6, 6.07) is 20.1. The molecule has 25 heavy (non-hydrogen) atoms. The van der Waals surface area contributed by atoms with Crippen molar-refractivity contribution in [3.63, 3.8) is 0 Å². The van der Waals surface area contributed by atoms with Crippen LogP contribution in [0.1, 0.15) is 12.7 Å². The topological polar surface area (TPSA) is 42.7 Å². The van der Waals surface area contributed by atoms with Crippen molar-refractivity contribution in [1.82, 2.24) is 0 Å². The highest BCUT2D eigenvalue weighted by Crippen LogP contribution is 2.22. The molecule has 0 saturated carbocycles. The largest absolute Gasteiger partial charge is 0.481 e. The van der Waals surface area contributed by atoms with Gasteiger partial charge >= 0.3 is 0 Å². The monoisotopic (exact) mass is 355 g/mol. The molecular formula is C20H18ClNO3. The van der Waals surface area contributed by atoms with Crippen molar-refractivity contribution in [3.8, 4) is 5.75 Å². The van der Waals surface area contributed by atoms with E-state index in [4.69, 9.17) is 20.8 Å². The summed E-state index contributed by atoms with van der Waals surface area (Å²) in [5, 5.41) is 0.563. The molecule has 0 spiro atoms. The zero-order chi connectivity index (χ0) is 17.6. The molecule has 3 rings (SSSR count). The Bertz CT molecular complexity index is 818. The molecule has 2 aromatic carbocycles. The summed E-state index contributed by atoms with van der Waals surface area (Å²) in [6.07, 6.45) is 0.920. The van der Waals surface area contributed by atoms with E-state index in [2.05, 4.69) is 0 Å². The molecule has 1 amide bonds. The molecule has 4 nitrogen and oxygen atoms in total. The van der Waals surface area contributed by atoms with Crippen LogP contribution in [0.5, 0.6) is 5.75 Å². The Morgan fingerprint density at radius 2 is 1.92 bits per heavy atom. The van der Waals surface area contributed by atoms with Gasteiger partial charge in [0, 0.05) is 10.7 Å². The number of rotatable bonds is 6. The van der Waals surface area contributed by atoms with Gasteiger partial charge in [0.05, 0.1) is 12.8 Å². The highest BCUT2D eigenvalue weighted by molar-refractivity contribution is 6.30. The van der Waals surface area contributed by atoms with Crippen LogP contribution in [-0.4, -0.2) is 12.0 Å². The summed E-state index contributed by atoms with van der Waals surface area (Å²) in [5.41, 5.74) is 0.783. The molecule has 0 fully saturated rings. The lowest BCUT2D eigenvalue weighted by Gasteiger charge is -2.25. The van der Waals surface area contributed by atoms with E-state index in [1.165, 1.54) is 0 Å². The normalized spacial score (nSPS) is 11.8. The Morgan fingerprint density at radius 3 is 2.60 bits per heavy atom. The van der Waals surface area contributed by atoms with E-state index < -0.39 is 6.10 Å². The number of hydrogen-bond acceptors (Lipinski definition) is 3. The molecule has 1 heterocycles. The van der Waals surface area contributed by atoms with E-state index in [9.17, 15) is 4.79 Å². The fourth-order valence-corrected chi connectivity index (χ4v) is 2.66. The second-order valence-electron chi connectivity index (χ2n) is 5.56. The molecule has 0 saturated heterocycles. The summed E-state index contributed by atoms with van der Waals surface area (Å²) in [7, 11) is 0. The van der Waals surface area contributed by atoms with Crippen LogP contribution in [0.15, 0.2) is 77.4 Å². The highest BCUT2D eigenvalue weighted by Gasteiger charge is 2.24. The summed E-state index contributed by atoms with van der Waals surface area (Å²) in [4.78, 5) is 14.6. The predicted molar refractivity (Wildman–Crippen MR) is 97.9 cm³/mol. The van der Waals surface area contributed by atoms with Crippen LogP contribution in [0.2, 0.25) is 5.02 Å². The van der Waals surface area contributed by atoms with Gasteiger partial charge in [-0.1, -0.05) is 35.9 Å². The predicted octanol–water partition coefficient (Wildman–Crippen LogP) is 4.93. The van der Waals surface area contributed by atoms with Crippen LogP contribution < -0.4 is 9.64 Å². The number of benzene rings is 2. The van der Waals surface area contributed by atoms with Gasteiger partial charge in [-0.25, -0.2) is 0 Å². The first kappa shape index (κ1) is 17.1. The molecule has 0 aliphatic rings. The van der Waals surface area contributed by atoms with Gasteiger partial charge < -0.3 is 14.1 Å². The minimum atomic E-state index is -0.673. The van der Waals surface area contributed by atoms with E-state index in [-0.39, 0.29) is 5.91 Å². The number of nitrogens with zero attached hydrogens (tertiary/aromatic N) is 1. The molecule has 1 aromatic heterocycles. The third kappa shape index (κ3) is 4.43. The maximum absolute atomic E-state index is 13.0. The van der Waals surface area contributed by atoms with E-state index in [0.717, 1.165) is 5.69 Å². The molecule has 128 valence electrons. The van der Waals surface area contributed by atoms with Crippen LogP contribution in [0.4, 0.5) is 5.69 Å². The molecule has 1 unspecified atom stereocenters. The second kappa shape index (κ2) is 7.90. The van der Waals surface area contributed by atoms with Gasteiger partial charge in [0.2, 0.25) is 0 Å². The Hall–Kier alpha value is -2.72. The van der Waals surface area contributed by atoms with Gasteiger partial charge in [-0.3, -0.25) is 4.79 Å². The molecule has 0 N–H and O–H groups in total. The summed E-state index contributed by atoms with van der Waals surface area (Å²) >= 11 is 5.97. The molecule has 1 atom stereocenters. The number of amides is 1. The number of halogens is 1. The van der Waals surface area contributed by atoms with Crippen LogP contribution in [0.25, 0.3) is 0 Å². The number of ether oxygens (including phenoxy) is 1. The zero-order valence-electron chi connectivity index (χ0n) is 13.8. The number of carbonyl (C=O) groups excluding carboxylic acids is 1. The molecule has 0 aliphatic heterocycles. The van der Waals surface area contributed by atoms with Gasteiger partial charge in [-0.15, -0.1) is 0 Å². The van der Waals surface area contributed by atoms with Crippen molar-refractivity contribution in [2.24, 2.45) is 0 Å². The van der Waals surface area contributed by atoms with Gasteiger partial charge in [0.15, 0.2) is 6.10 Å². The minimum absolute atomic E-state index is 0.164. The number of para-hydroxylation sites is 1. The van der Waals surface area contributed by atoms with E-state index >= 15 is 0 Å². The van der Waals surface area contributed by atoms with Gasteiger partial charge in [-0.2, -0.15) is 0 Å². The molecular weight excluding hydrogens is 338 g/mol. The molecule has 3 aromatic rings. The average Bonchev–Trinajstić information content (AvgIpc) is 3.13. The van der Waals surface area contributed by atoms with E-state index in [1.807, 2.05) is 36.4 Å². The first-order chi connectivity index (χ1) is 12.1. The number of anilines is 1. The van der Waals surface area contributed by atoms with Crippen LogP contribution in [-0.2, 0) is 11.3 Å². The Labute approximate surface area is 151 Å². The number of carbonyl (C=O) groups is 1. The zero-order valence-corrected chi connectivity index (χ0v) is 14.5. The Balaban J connectivity index is 1.80. The van der Waals surface area contributed by atoms with E-state index in [1.54, 1.807) is 48.4 Å². The standard InChI is InChI=1S/C20H18ClNO3/c1-15(25-18-10-5-7-16(21)13-18)20(23)22(14-19-11-6-12-24-19)17-8-3-2-4-9-17/h2-13,15H,14H2,1H3. The maximum Gasteiger partial charge on any atom is 0.268 e. The smallest absolute Gasteiger partial charge is 0.268 e. The summed E-state index contributed by atoms with van der Waals surface area (Å²) < 4.78 is 11.2. The summed E-state index contributed by atoms with van der Waals surface area (Å²) in [6.45, 7) is 2.06. The first-order valence-electron chi connectivity index (χ1n) is 7.94. The number of hydrogen-bond donors (Lipinski definition) is 0. The number of furan rings is 1. The Kier molecular flexibility index (Phi) is 5.41. The molecule has 0 radical (unpaired) electrons.